The van der Waals surface area contributed by atoms with Gasteiger partial charge < -0.3 is 25.3 Å². The summed E-state index contributed by atoms with van der Waals surface area (Å²) in [6, 6.07) is 14.9. The summed E-state index contributed by atoms with van der Waals surface area (Å²) in [6.07, 6.45) is 2.47. The molecule has 2 aromatic carbocycles. The number of halogens is 1. The third-order valence-corrected chi connectivity index (χ3v) is 4.29. The number of guanidine groups is 1. The Hall–Kier alpha value is -3.81. The molecular weight excluding hydrogens is 387 g/mol. The number of aromatic nitrogens is 1. The Labute approximate surface area is 173 Å². The lowest BCUT2D eigenvalue weighted by Gasteiger charge is -2.11. The van der Waals surface area contributed by atoms with Crippen LogP contribution in [0.3, 0.4) is 0 Å². The van der Waals surface area contributed by atoms with Gasteiger partial charge in [-0.1, -0.05) is 0 Å². The molecule has 1 aromatic heterocycles. The molecule has 8 heteroatoms. The summed E-state index contributed by atoms with van der Waals surface area (Å²) >= 11 is 0. The highest BCUT2D eigenvalue weighted by Crippen LogP contribution is 2.32. The van der Waals surface area contributed by atoms with Crippen molar-refractivity contribution < 1.29 is 18.6 Å². The Balaban J connectivity index is 1.38. The normalized spacial score (nSPS) is 13.4. The van der Waals surface area contributed by atoms with E-state index in [9.17, 15) is 4.39 Å². The average Bonchev–Trinajstić information content (AvgIpc) is 2.99. The Morgan fingerprint density at radius 1 is 1.07 bits per heavy atom. The van der Waals surface area contributed by atoms with Gasteiger partial charge in [0.15, 0.2) is 17.5 Å². The number of benzene rings is 2. The van der Waals surface area contributed by atoms with E-state index in [2.05, 4.69) is 15.3 Å². The van der Waals surface area contributed by atoms with Gasteiger partial charge >= 0.3 is 0 Å². The summed E-state index contributed by atoms with van der Waals surface area (Å²) in [4.78, 5) is 8.52. The molecule has 154 valence electrons. The van der Waals surface area contributed by atoms with Gasteiger partial charge in [0, 0.05) is 30.4 Å². The van der Waals surface area contributed by atoms with Crippen molar-refractivity contribution in [1.29, 1.82) is 0 Å². The van der Waals surface area contributed by atoms with Crippen LogP contribution >= 0.6 is 0 Å². The molecule has 30 heavy (non-hydrogen) atoms. The molecule has 0 saturated heterocycles. The maximum atomic E-state index is 13.0. The van der Waals surface area contributed by atoms with E-state index in [0.29, 0.717) is 37.1 Å². The van der Waals surface area contributed by atoms with Crippen molar-refractivity contribution >= 4 is 11.6 Å². The van der Waals surface area contributed by atoms with Gasteiger partial charge in [0.2, 0.25) is 5.88 Å². The van der Waals surface area contributed by atoms with Crippen LogP contribution in [-0.2, 0) is 6.54 Å². The molecule has 2 heterocycles. The van der Waals surface area contributed by atoms with Crippen molar-refractivity contribution in [3.8, 4) is 23.1 Å². The van der Waals surface area contributed by atoms with Crippen LogP contribution in [0.2, 0.25) is 0 Å². The van der Waals surface area contributed by atoms with Crippen LogP contribution in [0.15, 0.2) is 65.8 Å². The largest absolute Gasteiger partial charge is 0.490 e. The number of rotatable bonds is 5. The van der Waals surface area contributed by atoms with E-state index >= 15 is 0 Å². The maximum absolute atomic E-state index is 13.0. The molecule has 0 atom stereocenters. The lowest BCUT2D eigenvalue weighted by Crippen LogP contribution is -2.22. The van der Waals surface area contributed by atoms with Gasteiger partial charge in [-0.2, -0.15) is 0 Å². The molecule has 0 bridgehead atoms. The van der Waals surface area contributed by atoms with Gasteiger partial charge in [-0.25, -0.2) is 14.4 Å². The SMILES string of the molecule is NC(=NCc1ccnc(Oc2ccc(F)cc2)c1)Nc1ccc2c(c1)OCCCO2. The number of nitrogens with two attached hydrogens (primary N) is 1. The van der Waals surface area contributed by atoms with Gasteiger partial charge in [0.1, 0.15) is 11.6 Å². The minimum absolute atomic E-state index is 0.266. The first kappa shape index (κ1) is 19.5. The van der Waals surface area contributed by atoms with Crippen molar-refractivity contribution in [2.24, 2.45) is 10.7 Å². The van der Waals surface area contributed by atoms with E-state index in [1.54, 1.807) is 24.4 Å². The second-order valence-electron chi connectivity index (χ2n) is 6.60. The van der Waals surface area contributed by atoms with E-state index < -0.39 is 0 Å². The van der Waals surface area contributed by atoms with Crippen LogP contribution in [-0.4, -0.2) is 24.2 Å². The van der Waals surface area contributed by atoms with E-state index in [1.807, 2.05) is 24.3 Å². The predicted molar refractivity (Wildman–Crippen MR) is 112 cm³/mol. The number of pyridine rings is 1. The number of nitrogens with one attached hydrogen (secondary N) is 1. The van der Waals surface area contributed by atoms with Gasteiger partial charge in [0.25, 0.3) is 0 Å². The van der Waals surface area contributed by atoms with Crippen LogP contribution in [0, 0.1) is 5.82 Å². The highest BCUT2D eigenvalue weighted by atomic mass is 19.1. The molecule has 4 rings (SSSR count). The molecule has 0 radical (unpaired) electrons. The molecule has 0 fully saturated rings. The molecule has 7 nitrogen and oxygen atoms in total. The third-order valence-electron chi connectivity index (χ3n) is 4.29. The van der Waals surface area contributed by atoms with Gasteiger partial charge in [-0.15, -0.1) is 0 Å². The molecule has 1 aliphatic heterocycles. The van der Waals surface area contributed by atoms with Crippen LogP contribution in [0.4, 0.5) is 10.1 Å². The lowest BCUT2D eigenvalue weighted by molar-refractivity contribution is 0.297. The molecular formula is C22H21FN4O3. The van der Waals surface area contributed by atoms with Crippen molar-refractivity contribution in [2.45, 2.75) is 13.0 Å². The summed E-state index contributed by atoms with van der Waals surface area (Å²) in [7, 11) is 0. The third kappa shape index (κ3) is 5.16. The lowest BCUT2D eigenvalue weighted by atomic mass is 10.2. The molecule has 0 spiro atoms. The number of fused-ring (bicyclic) bond motifs is 1. The van der Waals surface area contributed by atoms with Crippen LogP contribution in [0.25, 0.3) is 0 Å². The van der Waals surface area contributed by atoms with Crippen LogP contribution < -0.4 is 25.3 Å². The first-order valence-electron chi connectivity index (χ1n) is 9.51. The van der Waals surface area contributed by atoms with Gasteiger partial charge in [-0.3, -0.25) is 0 Å². The van der Waals surface area contributed by atoms with Crippen LogP contribution in [0.5, 0.6) is 23.1 Å². The fourth-order valence-corrected chi connectivity index (χ4v) is 2.83. The smallest absolute Gasteiger partial charge is 0.219 e. The molecule has 3 aromatic rings. The highest BCUT2D eigenvalue weighted by Gasteiger charge is 2.11. The Kier molecular flexibility index (Phi) is 5.93. The topological polar surface area (TPSA) is 91.0 Å². The monoisotopic (exact) mass is 408 g/mol. The van der Waals surface area contributed by atoms with Crippen molar-refractivity contribution in [2.75, 3.05) is 18.5 Å². The Morgan fingerprint density at radius 2 is 1.87 bits per heavy atom. The number of nitrogens with zero attached hydrogens (tertiary/aromatic N) is 2. The van der Waals surface area contributed by atoms with Crippen molar-refractivity contribution in [1.82, 2.24) is 4.98 Å². The fourth-order valence-electron chi connectivity index (χ4n) is 2.83. The van der Waals surface area contributed by atoms with E-state index in [4.69, 9.17) is 19.9 Å². The van der Waals surface area contributed by atoms with E-state index in [-0.39, 0.29) is 11.8 Å². The van der Waals surface area contributed by atoms with E-state index in [0.717, 1.165) is 23.4 Å². The number of hydrogen-bond donors (Lipinski definition) is 2. The van der Waals surface area contributed by atoms with E-state index in [1.165, 1.54) is 12.1 Å². The zero-order valence-electron chi connectivity index (χ0n) is 16.2. The maximum Gasteiger partial charge on any atom is 0.219 e. The van der Waals surface area contributed by atoms with Crippen molar-refractivity contribution in [3.63, 3.8) is 0 Å². The van der Waals surface area contributed by atoms with Crippen molar-refractivity contribution in [3.05, 3.63) is 72.2 Å². The predicted octanol–water partition coefficient (Wildman–Crippen LogP) is 4.10. The highest BCUT2D eigenvalue weighted by molar-refractivity contribution is 5.92. The average molecular weight is 408 g/mol. The number of hydrogen-bond acceptors (Lipinski definition) is 5. The molecule has 0 amide bonds. The summed E-state index contributed by atoms with van der Waals surface area (Å²) in [5.41, 5.74) is 7.65. The fraction of sp³-hybridized carbons (Fsp3) is 0.182. The molecule has 0 saturated carbocycles. The van der Waals surface area contributed by atoms with Gasteiger partial charge in [0.05, 0.1) is 19.8 Å². The second kappa shape index (κ2) is 9.13. The summed E-state index contributed by atoms with van der Waals surface area (Å²) in [6.45, 7) is 1.60. The molecule has 0 aliphatic carbocycles. The summed E-state index contributed by atoms with van der Waals surface area (Å²) in [5, 5.41) is 3.05. The number of anilines is 1. The quantitative estimate of drug-likeness (QED) is 0.488. The minimum Gasteiger partial charge on any atom is -0.490 e. The van der Waals surface area contributed by atoms with Gasteiger partial charge in [-0.05, 0) is 48.0 Å². The van der Waals surface area contributed by atoms with Crippen LogP contribution in [0.1, 0.15) is 12.0 Å². The Morgan fingerprint density at radius 3 is 2.70 bits per heavy atom. The zero-order valence-corrected chi connectivity index (χ0v) is 16.2. The summed E-state index contributed by atoms with van der Waals surface area (Å²) in [5.74, 6) is 2.24. The standard InChI is InChI=1S/C22H21FN4O3/c23-16-2-5-18(6-3-16)30-21-12-15(8-9-25-21)14-26-22(24)27-17-4-7-19-20(13-17)29-11-1-10-28-19/h2-9,12-13H,1,10-11,14H2,(H3,24,26,27). The molecule has 3 N–H and O–H groups in total. The number of aliphatic imine (C=N–C) groups is 1. The number of ether oxygens (including phenoxy) is 3. The zero-order chi connectivity index (χ0) is 20.8. The first-order chi connectivity index (χ1) is 14.7. The molecule has 1 aliphatic rings. The minimum atomic E-state index is -0.324. The first-order valence-corrected chi connectivity index (χ1v) is 9.51. The Bertz CT molecular complexity index is 1040. The second-order valence-corrected chi connectivity index (χ2v) is 6.60. The summed E-state index contributed by atoms with van der Waals surface area (Å²) < 4.78 is 30.0. The molecule has 0 unspecified atom stereocenters.